The van der Waals surface area contributed by atoms with Crippen LogP contribution in [-0.4, -0.2) is 24.3 Å². The van der Waals surface area contributed by atoms with Gasteiger partial charge in [0.1, 0.15) is 0 Å². The van der Waals surface area contributed by atoms with Crippen molar-refractivity contribution in [2.75, 3.05) is 13.2 Å². The zero-order valence-electron chi connectivity index (χ0n) is 6.64. The van der Waals surface area contributed by atoms with Crippen LogP contribution < -0.4 is 5.32 Å². The van der Waals surface area contributed by atoms with Crippen LogP contribution in [0.2, 0.25) is 0 Å². The zero-order chi connectivity index (χ0) is 7.40. The van der Waals surface area contributed by atoms with E-state index < -0.39 is 0 Å². The van der Waals surface area contributed by atoms with E-state index in [0.717, 1.165) is 18.5 Å². The van der Waals surface area contributed by atoms with Gasteiger partial charge in [0, 0.05) is 12.6 Å². The highest BCUT2D eigenvalue weighted by molar-refractivity contribution is 4.92. The van der Waals surface area contributed by atoms with Gasteiger partial charge in [0.25, 0.3) is 0 Å². The highest BCUT2D eigenvalue weighted by atomic mass is 16.3. The molecule has 0 bridgehead atoms. The Morgan fingerprint density at radius 3 is 3.00 bits per heavy atom. The molecule has 1 rings (SSSR count). The first-order valence-electron chi connectivity index (χ1n) is 4.22. The predicted molar refractivity (Wildman–Crippen MR) is 41.9 cm³/mol. The standard InChI is InChI=1S/C8H17NO/c1-2-3-7-6-8(7)9-4-5-10/h7-10H,2-6H2,1H3. The first-order valence-corrected chi connectivity index (χ1v) is 4.22. The average molecular weight is 143 g/mol. The molecule has 0 saturated heterocycles. The minimum absolute atomic E-state index is 0.273. The number of hydrogen-bond donors (Lipinski definition) is 2. The second-order valence-corrected chi connectivity index (χ2v) is 3.07. The first-order chi connectivity index (χ1) is 4.88. The van der Waals surface area contributed by atoms with Crippen molar-refractivity contribution in [3.8, 4) is 0 Å². The number of rotatable bonds is 5. The van der Waals surface area contributed by atoms with E-state index in [1.807, 2.05) is 0 Å². The summed E-state index contributed by atoms with van der Waals surface area (Å²) in [5, 5.41) is 11.8. The van der Waals surface area contributed by atoms with Gasteiger partial charge in [-0.3, -0.25) is 0 Å². The molecule has 2 unspecified atom stereocenters. The molecule has 0 aromatic heterocycles. The molecule has 1 saturated carbocycles. The van der Waals surface area contributed by atoms with Crippen molar-refractivity contribution in [2.45, 2.75) is 32.2 Å². The number of aliphatic hydroxyl groups excluding tert-OH is 1. The van der Waals surface area contributed by atoms with E-state index in [2.05, 4.69) is 12.2 Å². The lowest BCUT2D eigenvalue weighted by Crippen LogP contribution is -2.21. The molecule has 0 aliphatic heterocycles. The van der Waals surface area contributed by atoms with Gasteiger partial charge in [-0.1, -0.05) is 13.3 Å². The van der Waals surface area contributed by atoms with Gasteiger partial charge in [0.05, 0.1) is 6.61 Å². The summed E-state index contributed by atoms with van der Waals surface area (Å²) in [5.74, 6) is 0.913. The van der Waals surface area contributed by atoms with Gasteiger partial charge in [-0.2, -0.15) is 0 Å². The summed E-state index contributed by atoms with van der Waals surface area (Å²) in [7, 11) is 0. The summed E-state index contributed by atoms with van der Waals surface area (Å²) in [5.41, 5.74) is 0. The summed E-state index contributed by atoms with van der Waals surface area (Å²) in [6.07, 6.45) is 3.97. The van der Waals surface area contributed by atoms with E-state index in [-0.39, 0.29) is 6.61 Å². The summed E-state index contributed by atoms with van der Waals surface area (Å²) >= 11 is 0. The van der Waals surface area contributed by atoms with Crippen LogP contribution in [0.1, 0.15) is 26.2 Å². The lowest BCUT2D eigenvalue weighted by Gasteiger charge is -1.98. The van der Waals surface area contributed by atoms with Gasteiger partial charge < -0.3 is 10.4 Å². The van der Waals surface area contributed by atoms with Gasteiger partial charge >= 0.3 is 0 Å². The van der Waals surface area contributed by atoms with Crippen LogP contribution in [0.5, 0.6) is 0 Å². The molecule has 0 aromatic rings. The van der Waals surface area contributed by atoms with Gasteiger partial charge in [-0.15, -0.1) is 0 Å². The van der Waals surface area contributed by atoms with Crippen LogP contribution >= 0.6 is 0 Å². The van der Waals surface area contributed by atoms with Crippen LogP contribution in [0.15, 0.2) is 0 Å². The van der Waals surface area contributed by atoms with E-state index in [0.29, 0.717) is 0 Å². The smallest absolute Gasteiger partial charge is 0.0556 e. The Hall–Kier alpha value is -0.0800. The third kappa shape index (κ3) is 2.27. The van der Waals surface area contributed by atoms with Crippen LogP contribution in [0.3, 0.4) is 0 Å². The predicted octanol–water partition coefficient (Wildman–Crippen LogP) is 0.757. The molecule has 2 nitrogen and oxygen atoms in total. The van der Waals surface area contributed by atoms with Crippen LogP contribution in [-0.2, 0) is 0 Å². The molecule has 60 valence electrons. The largest absolute Gasteiger partial charge is 0.395 e. The summed E-state index contributed by atoms with van der Waals surface area (Å²) in [6, 6.07) is 0.729. The fourth-order valence-electron chi connectivity index (χ4n) is 1.44. The van der Waals surface area contributed by atoms with E-state index in [1.54, 1.807) is 0 Å². The first kappa shape index (κ1) is 8.02. The molecule has 1 aliphatic rings. The Bertz CT molecular complexity index is 95.3. The molecule has 2 heteroatoms. The molecule has 1 aliphatic carbocycles. The SMILES string of the molecule is CCCC1CC1NCCO. The molecule has 0 spiro atoms. The maximum absolute atomic E-state index is 8.50. The summed E-state index contributed by atoms with van der Waals surface area (Å²) in [4.78, 5) is 0. The van der Waals surface area contributed by atoms with Crippen LogP contribution in [0.4, 0.5) is 0 Å². The Labute approximate surface area is 62.6 Å². The van der Waals surface area contributed by atoms with E-state index in [1.165, 1.54) is 19.3 Å². The minimum atomic E-state index is 0.273. The Balaban J connectivity index is 1.92. The lowest BCUT2D eigenvalue weighted by atomic mass is 10.2. The third-order valence-corrected chi connectivity index (χ3v) is 2.10. The van der Waals surface area contributed by atoms with E-state index in [4.69, 9.17) is 5.11 Å². The van der Waals surface area contributed by atoms with Crippen molar-refractivity contribution < 1.29 is 5.11 Å². The molecule has 10 heavy (non-hydrogen) atoms. The van der Waals surface area contributed by atoms with Gasteiger partial charge in [-0.25, -0.2) is 0 Å². The molecular weight excluding hydrogens is 126 g/mol. The van der Waals surface area contributed by atoms with Gasteiger partial charge in [-0.05, 0) is 18.8 Å². The minimum Gasteiger partial charge on any atom is -0.395 e. The van der Waals surface area contributed by atoms with Crippen molar-refractivity contribution in [3.63, 3.8) is 0 Å². The molecular formula is C8H17NO. The van der Waals surface area contributed by atoms with Crippen molar-refractivity contribution in [1.82, 2.24) is 5.32 Å². The van der Waals surface area contributed by atoms with Crippen molar-refractivity contribution >= 4 is 0 Å². The fraction of sp³-hybridized carbons (Fsp3) is 1.00. The second kappa shape index (κ2) is 3.94. The maximum Gasteiger partial charge on any atom is 0.0556 e. The molecule has 0 heterocycles. The van der Waals surface area contributed by atoms with Crippen molar-refractivity contribution in [1.29, 1.82) is 0 Å². The third-order valence-electron chi connectivity index (χ3n) is 2.10. The average Bonchev–Trinajstić information content (AvgIpc) is 2.65. The summed E-state index contributed by atoms with van der Waals surface area (Å²) < 4.78 is 0. The molecule has 0 aromatic carbocycles. The number of aliphatic hydroxyl groups is 1. The normalized spacial score (nSPS) is 30.6. The second-order valence-electron chi connectivity index (χ2n) is 3.07. The molecule has 1 fully saturated rings. The lowest BCUT2D eigenvalue weighted by molar-refractivity contribution is 0.290. The molecule has 0 radical (unpaired) electrons. The Kier molecular flexibility index (Phi) is 3.16. The van der Waals surface area contributed by atoms with Gasteiger partial charge in [0.15, 0.2) is 0 Å². The van der Waals surface area contributed by atoms with E-state index >= 15 is 0 Å². The molecule has 2 N–H and O–H groups in total. The topological polar surface area (TPSA) is 32.3 Å². The number of nitrogens with one attached hydrogen (secondary N) is 1. The van der Waals surface area contributed by atoms with E-state index in [9.17, 15) is 0 Å². The highest BCUT2D eigenvalue weighted by Crippen LogP contribution is 2.34. The van der Waals surface area contributed by atoms with Crippen LogP contribution in [0.25, 0.3) is 0 Å². The number of hydrogen-bond acceptors (Lipinski definition) is 2. The van der Waals surface area contributed by atoms with Crippen LogP contribution in [0, 0.1) is 5.92 Å². The quantitative estimate of drug-likeness (QED) is 0.595. The highest BCUT2D eigenvalue weighted by Gasteiger charge is 2.34. The van der Waals surface area contributed by atoms with Crippen molar-refractivity contribution in [2.24, 2.45) is 5.92 Å². The maximum atomic E-state index is 8.50. The summed E-state index contributed by atoms with van der Waals surface area (Å²) in [6.45, 7) is 3.27. The van der Waals surface area contributed by atoms with Gasteiger partial charge in [0.2, 0.25) is 0 Å². The Morgan fingerprint density at radius 1 is 1.60 bits per heavy atom. The zero-order valence-corrected chi connectivity index (χ0v) is 6.64. The Morgan fingerprint density at radius 2 is 2.40 bits per heavy atom. The molecule has 0 amide bonds. The monoisotopic (exact) mass is 143 g/mol. The molecule has 2 atom stereocenters. The fourth-order valence-corrected chi connectivity index (χ4v) is 1.44. The van der Waals surface area contributed by atoms with Crippen molar-refractivity contribution in [3.05, 3.63) is 0 Å².